The molecule has 1 aliphatic carbocycles. The average molecular weight is 233 g/mol. The minimum atomic E-state index is 0.496. The first-order chi connectivity index (χ1) is 8.33. The molecule has 0 unspecified atom stereocenters. The first-order valence-electron chi connectivity index (χ1n) is 5.97. The van der Waals surface area contributed by atoms with E-state index in [-0.39, 0.29) is 0 Å². The highest BCUT2D eigenvalue weighted by Gasteiger charge is 2.20. The van der Waals surface area contributed by atoms with E-state index in [1.807, 2.05) is 12.1 Å². The maximum Gasteiger partial charge on any atom is 0.161 e. The molecule has 17 heavy (non-hydrogen) atoms. The van der Waals surface area contributed by atoms with Crippen molar-refractivity contribution in [3.63, 3.8) is 0 Å². The largest absolute Gasteiger partial charge is 0.493 e. The lowest BCUT2D eigenvalue weighted by Gasteiger charge is -2.11. The van der Waals surface area contributed by atoms with Crippen LogP contribution in [-0.2, 0) is 6.54 Å². The van der Waals surface area contributed by atoms with Gasteiger partial charge in [-0.25, -0.2) is 0 Å². The van der Waals surface area contributed by atoms with Gasteiger partial charge in [-0.1, -0.05) is 18.7 Å². The van der Waals surface area contributed by atoms with Crippen molar-refractivity contribution in [2.24, 2.45) is 0 Å². The van der Waals surface area contributed by atoms with Crippen LogP contribution in [0.3, 0.4) is 0 Å². The molecule has 3 nitrogen and oxygen atoms in total. The van der Waals surface area contributed by atoms with Gasteiger partial charge in [0, 0.05) is 12.6 Å². The lowest BCUT2D eigenvalue weighted by atomic mass is 10.2. The zero-order valence-electron chi connectivity index (χ0n) is 10.2. The Morgan fingerprint density at radius 3 is 2.88 bits per heavy atom. The van der Waals surface area contributed by atoms with Crippen molar-refractivity contribution in [3.05, 3.63) is 36.4 Å². The van der Waals surface area contributed by atoms with Crippen LogP contribution in [0.15, 0.2) is 30.9 Å². The van der Waals surface area contributed by atoms with E-state index in [9.17, 15) is 0 Å². The van der Waals surface area contributed by atoms with Crippen molar-refractivity contribution in [1.82, 2.24) is 5.32 Å². The standard InChI is InChI=1S/C14H19NO2/c1-3-8-17-14-9-11(4-7-13(14)16-2)10-15-12-5-6-12/h3-4,7,9,12,15H,1,5-6,8,10H2,2H3. The van der Waals surface area contributed by atoms with Crippen molar-refractivity contribution in [2.75, 3.05) is 13.7 Å². The predicted octanol–water partition coefficient (Wildman–Crippen LogP) is 2.51. The summed E-state index contributed by atoms with van der Waals surface area (Å²) in [5.41, 5.74) is 1.22. The fraction of sp³-hybridized carbons (Fsp3) is 0.429. The summed E-state index contributed by atoms with van der Waals surface area (Å²) in [6, 6.07) is 6.75. The maximum absolute atomic E-state index is 5.57. The summed E-state index contributed by atoms with van der Waals surface area (Å²) in [5, 5.41) is 3.48. The second-order valence-corrected chi connectivity index (χ2v) is 4.24. The molecule has 0 spiro atoms. The molecular weight excluding hydrogens is 214 g/mol. The number of methoxy groups -OCH3 is 1. The topological polar surface area (TPSA) is 30.5 Å². The van der Waals surface area contributed by atoms with Crippen molar-refractivity contribution in [3.8, 4) is 11.5 Å². The Hall–Kier alpha value is -1.48. The highest BCUT2D eigenvalue weighted by molar-refractivity contribution is 5.43. The van der Waals surface area contributed by atoms with Gasteiger partial charge in [-0.05, 0) is 30.5 Å². The lowest BCUT2D eigenvalue weighted by Crippen LogP contribution is -2.15. The van der Waals surface area contributed by atoms with Gasteiger partial charge in [0.1, 0.15) is 6.61 Å². The zero-order valence-corrected chi connectivity index (χ0v) is 10.2. The Kier molecular flexibility index (Phi) is 4.04. The Bertz CT molecular complexity index is 386. The number of hydrogen-bond acceptors (Lipinski definition) is 3. The van der Waals surface area contributed by atoms with Crippen molar-refractivity contribution >= 4 is 0 Å². The van der Waals surface area contributed by atoms with Gasteiger partial charge in [0.15, 0.2) is 11.5 Å². The highest BCUT2D eigenvalue weighted by Crippen LogP contribution is 2.28. The predicted molar refractivity (Wildman–Crippen MR) is 68.5 cm³/mol. The number of nitrogens with one attached hydrogen (secondary N) is 1. The summed E-state index contributed by atoms with van der Waals surface area (Å²) < 4.78 is 10.8. The third-order valence-electron chi connectivity index (χ3n) is 2.76. The van der Waals surface area contributed by atoms with Crippen molar-refractivity contribution in [2.45, 2.75) is 25.4 Å². The first kappa shape index (κ1) is 12.0. The van der Waals surface area contributed by atoms with Crippen LogP contribution in [0.25, 0.3) is 0 Å². The summed E-state index contributed by atoms with van der Waals surface area (Å²) in [4.78, 5) is 0. The normalized spacial score (nSPS) is 14.4. The van der Waals surface area contributed by atoms with Crippen LogP contribution in [0.5, 0.6) is 11.5 Å². The van der Waals surface area contributed by atoms with E-state index < -0.39 is 0 Å². The van der Waals surface area contributed by atoms with Crippen LogP contribution in [0.2, 0.25) is 0 Å². The Morgan fingerprint density at radius 2 is 2.24 bits per heavy atom. The fourth-order valence-electron chi connectivity index (χ4n) is 1.64. The summed E-state index contributed by atoms with van der Waals surface area (Å²) in [7, 11) is 1.65. The monoisotopic (exact) mass is 233 g/mol. The maximum atomic E-state index is 5.57. The minimum absolute atomic E-state index is 0.496. The molecular formula is C14H19NO2. The fourth-order valence-corrected chi connectivity index (χ4v) is 1.64. The van der Waals surface area contributed by atoms with Crippen LogP contribution in [0, 0.1) is 0 Å². The summed E-state index contributed by atoms with van der Waals surface area (Å²) in [6.07, 6.45) is 4.33. The SMILES string of the molecule is C=CCOc1cc(CNC2CC2)ccc1OC. The van der Waals surface area contributed by atoms with Gasteiger partial charge in [0.05, 0.1) is 7.11 Å². The zero-order chi connectivity index (χ0) is 12.1. The molecule has 0 atom stereocenters. The van der Waals surface area contributed by atoms with Crippen molar-refractivity contribution < 1.29 is 9.47 Å². The van der Waals surface area contributed by atoms with E-state index in [0.717, 1.165) is 24.1 Å². The molecule has 1 aliphatic rings. The second-order valence-electron chi connectivity index (χ2n) is 4.24. The molecule has 1 aromatic carbocycles. The molecule has 1 saturated carbocycles. The van der Waals surface area contributed by atoms with Gasteiger partial charge < -0.3 is 14.8 Å². The molecule has 0 radical (unpaired) electrons. The molecule has 0 heterocycles. The van der Waals surface area contributed by atoms with Gasteiger partial charge >= 0.3 is 0 Å². The van der Waals surface area contributed by atoms with E-state index in [1.165, 1.54) is 18.4 Å². The Balaban J connectivity index is 2.02. The second kappa shape index (κ2) is 5.73. The van der Waals surface area contributed by atoms with Crippen molar-refractivity contribution in [1.29, 1.82) is 0 Å². The van der Waals surface area contributed by atoms with E-state index in [1.54, 1.807) is 13.2 Å². The third kappa shape index (κ3) is 3.49. The van der Waals surface area contributed by atoms with Crippen LogP contribution < -0.4 is 14.8 Å². The van der Waals surface area contributed by atoms with E-state index in [0.29, 0.717) is 6.61 Å². The molecule has 0 saturated heterocycles. The van der Waals surface area contributed by atoms with Gasteiger partial charge in [-0.15, -0.1) is 0 Å². The first-order valence-corrected chi connectivity index (χ1v) is 5.97. The van der Waals surface area contributed by atoms with Crippen LogP contribution in [0.4, 0.5) is 0 Å². The van der Waals surface area contributed by atoms with Gasteiger partial charge in [0.25, 0.3) is 0 Å². The minimum Gasteiger partial charge on any atom is -0.493 e. The molecule has 1 fully saturated rings. The number of benzene rings is 1. The van der Waals surface area contributed by atoms with Gasteiger partial charge in [0.2, 0.25) is 0 Å². The Morgan fingerprint density at radius 1 is 1.41 bits per heavy atom. The van der Waals surface area contributed by atoms with E-state index in [4.69, 9.17) is 9.47 Å². The molecule has 3 heteroatoms. The molecule has 0 bridgehead atoms. The lowest BCUT2D eigenvalue weighted by molar-refractivity contribution is 0.326. The summed E-state index contributed by atoms with van der Waals surface area (Å²) >= 11 is 0. The molecule has 1 N–H and O–H groups in total. The molecule has 1 aromatic rings. The van der Waals surface area contributed by atoms with Gasteiger partial charge in [-0.3, -0.25) is 0 Å². The summed E-state index contributed by atoms with van der Waals surface area (Å²) in [6.45, 7) is 5.03. The van der Waals surface area contributed by atoms with Crippen LogP contribution in [0.1, 0.15) is 18.4 Å². The van der Waals surface area contributed by atoms with E-state index in [2.05, 4.69) is 18.0 Å². The molecule has 0 aromatic heterocycles. The number of rotatable bonds is 7. The molecule has 92 valence electrons. The molecule has 0 aliphatic heterocycles. The number of ether oxygens (including phenoxy) is 2. The third-order valence-corrected chi connectivity index (χ3v) is 2.76. The van der Waals surface area contributed by atoms with Crippen LogP contribution in [-0.4, -0.2) is 19.8 Å². The number of hydrogen-bond donors (Lipinski definition) is 1. The Labute approximate surface area is 102 Å². The quantitative estimate of drug-likeness (QED) is 0.734. The average Bonchev–Trinajstić information content (AvgIpc) is 3.18. The van der Waals surface area contributed by atoms with Crippen LogP contribution >= 0.6 is 0 Å². The highest BCUT2D eigenvalue weighted by atomic mass is 16.5. The molecule has 2 rings (SSSR count). The van der Waals surface area contributed by atoms with Gasteiger partial charge in [-0.2, -0.15) is 0 Å². The molecule has 0 amide bonds. The summed E-state index contributed by atoms with van der Waals surface area (Å²) in [5.74, 6) is 1.55. The van der Waals surface area contributed by atoms with E-state index >= 15 is 0 Å². The smallest absolute Gasteiger partial charge is 0.161 e.